The summed E-state index contributed by atoms with van der Waals surface area (Å²) in [6.45, 7) is 1.89. The van der Waals surface area contributed by atoms with Gasteiger partial charge in [-0.3, -0.25) is 4.68 Å². The molecule has 0 unspecified atom stereocenters. The molecule has 5 heteroatoms. The molecule has 0 saturated heterocycles. The maximum absolute atomic E-state index is 4.86. The second-order valence-electron chi connectivity index (χ2n) is 6.47. The Kier molecular flexibility index (Phi) is 7.66. The molecule has 1 N–H and O–H groups in total. The van der Waals surface area contributed by atoms with Crippen molar-refractivity contribution in [2.45, 2.75) is 50.1 Å². The molecule has 0 radical (unpaired) electrons. The molecule has 1 aromatic heterocycles. The van der Waals surface area contributed by atoms with Gasteiger partial charge in [-0.2, -0.15) is 5.10 Å². The van der Waals surface area contributed by atoms with Crippen LogP contribution in [0, 0.1) is 5.92 Å². The van der Waals surface area contributed by atoms with Crippen molar-refractivity contribution in [1.82, 2.24) is 15.1 Å². The third-order valence-corrected chi connectivity index (χ3v) is 5.47. The maximum Gasteiger partial charge on any atom is 0.0768 e. The van der Waals surface area contributed by atoms with Gasteiger partial charge in [-0.1, -0.05) is 31.4 Å². The molecule has 1 aliphatic rings. The molecule has 3 rings (SSSR count). The normalized spacial score (nSPS) is 15.2. The molecule has 1 heterocycles. The van der Waals surface area contributed by atoms with Crippen molar-refractivity contribution >= 4 is 24.2 Å². The second kappa shape index (κ2) is 9.50. The van der Waals surface area contributed by atoms with E-state index in [4.69, 9.17) is 5.10 Å². The number of hydrogen-bond donors (Lipinski definition) is 1. The Morgan fingerprint density at radius 1 is 1.17 bits per heavy atom. The Balaban J connectivity index is 0.00000208. The summed E-state index contributed by atoms with van der Waals surface area (Å²) in [7, 11) is 1.98. The average molecular weight is 366 g/mol. The lowest BCUT2D eigenvalue weighted by Gasteiger charge is -2.22. The summed E-state index contributed by atoms with van der Waals surface area (Å²) in [5, 5.41) is 8.08. The molecule has 0 aliphatic heterocycles. The maximum atomic E-state index is 4.86. The average Bonchev–Trinajstić information content (AvgIpc) is 2.99. The first-order valence-electron chi connectivity index (χ1n) is 8.66. The highest BCUT2D eigenvalue weighted by atomic mass is 35.5. The number of halogens is 1. The molecule has 3 nitrogen and oxygen atoms in total. The van der Waals surface area contributed by atoms with Crippen LogP contribution in [0.15, 0.2) is 35.2 Å². The minimum Gasteiger partial charge on any atom is -0.314 e. The standard InChI is InChI=1S/C19H27N3S.ClH/c1-20-13-17-12-19(16-8-10-18(23-2)11-9-16)22(21-17)14-15-6-4-3-5-7-15;/h8-12,15,20H,3-7,13-14H2,1-2H3;1H. The zero-order chi connectivity index (χ0) is 16.1. The molecule has 24 heavy (non-hydrogen) atoms. The first-order valence-corrected chi connectivity index (χ1v) is 9.88. The second-order valence-corrected chi connectivity index (χ2v) is 7.35. The Hall–Kier alpha value is -0.970. The number of hydrogen-bond acceptors (Lipinski definition) is 3. The van der Waals surface area contributed by atoms with E-state index < -0.39 is 0 Å². The van der Waals surface area contributed by atoms with E-state index in [-0.39, 0.29) is 12.4 Å². The summed E-state index contributed by atoms with van der Waals surface area (Å²) in [6, 6.07) is 11.1. The molecule has 0 bridgehead atoms. The van der Waals surface area contributed by atoms with Gasteiger partial charge in [-0.15, -0.1) is 24.2 Å². The third kappa shape index (κ3) is 4.78. The fraction of sp³-hybridized carbons (Fsp3) is 0.526. The number of nitrogens with zero attached hydrogens (tertiary/aromatic N) is 2. The van der Waals surface area contributed by atoms with E-state index >= 15 is 0 Å². The van der Waals surface area contributed by atoms with Gasteiger partial charge in [0, 0.05) is 18.0 Å². The lowest BCUT2D eigenvalue weighted by molar-refractivity contribution is 0.309. The molecular weight excluding hydrogens is 338 g/mol. The van der Waals surface area contributed by atoms with Gasteiger partial charge in [-0.25, -0.2) is 0 Å². The molecule has 0 spiro atoms. The highest BCUT2D eigenvalue weighted by Gasteiger charge is 2.17. The highest BCUT2D eigenvalue weighted by molar-refractivity contribution is 7.98. The third-order valence-electron chi connectivity index (χ3n) is 4.73. The molecule has 1 aromatic carbocycles. The van der Waals surface area contributed by atoms with Crippen LogP contribution in [0.2, 0.25) is 0 Å². The molecule has 1 aliphatic carbocycles. The number of benzene rings is 1. The Morgan fingerprint density at radius 3 is 2.50 bits per heavy atom. The topological polar surface area (TPSA) is 29.9 Å². The van der Waals surface area contributed by atoms with Crippen LogP contribution in [0.5, 0.6) is 0 Å². The quantitative estimate of drug-likeness (QED) is 0.731. The van der Waals surface area contributed by atoms with Gasteiger partial charge in [0.15, 0.2) is 0 Å². The first-order chi connectivity index (χ1) is 11.3. The smallest absolute Gasteiger partial charge is 0.0768 e. The van der Waals surface area contributed by atoms with Crippen molar-refractivity contribution in [3.8, 4) is 11.3 Å². The zero-order valence-corrected chi connectivity index (χ0v) is 16.3. The van der Waals surface area contributed by atoms with Crippen LogP contribution in [0.25, 0.3) is 11.3 Å². The highest BCUT2D eigenvalue weighted by Crippen LogP contribution is 2.29. The van der Waals surface area contributed by atoms with E-state index in [1.807, 2.05) is 7.05 Å². The van der Waals surface area contributed by atoms with E-state index in [9.17, 15) is 0 Å². The van der Waals surface area contributed by atoms with Crippen LogP contribution in [0.4, 0.5) is 0 Å². The van der Waals surface area contributed by atoms with Crippen molar-refractivity contribution in [3.63, 3.8) is 0 Å². The van der Waals surface area contributed by atoms with Crippen LogP contribution < -0.4 is 5.32 Å². The van der Waals surface area contributed by atoms with E-state index in [1.54, 1.807) is 11.8 Å². The fourth-order valence-corrected chi connectivity index (χ4v) is 3.89. The minimum absolute atomic E-state index is 0. The predicted octanol–water partition coefficient (Wildman–Crippen LogP) is 4.99. The summed E-state index contributed by atoms with van der Waals surface area (Å²) < 4.78 is 2.25. The largest absolute Gasteiger partial charge is 0.314 e. The molecule has 0 atom stereocenters. The Bertz CT molecular complexity index is 618. The van der Waals surface area contributed by atoms with E-state index in [0.717, 1.165) is 24.7 Å². The lowest BCUT2D eigenvalue weighted by Crippen LogP contribution is -2.16. The summed E-state index contributed by atoms with van der Waals surface area (Å²) >= 11 is 1.79. The molecule has 132 valence electrons. The van der Waals surface area contributed by atoms with Gasteiger partial charge in [0.25, 0.3) is 0 Å². The number of aromatic nitrogens is 2. The van der Waals surface area contributed by atoms with E-state index in [2.05, 4.69) is 46.6 Å². The molecule has 0 amide bonds. The van der Waals surface area contributed by atoms with E-state index in [1.165, 1.54) is 48.3 Å². The van der Waals surface area contributed by atoms with Crippen LogP contribution in [0.3, 0.4) is 0 Å². The number of rotatable bonds is 6. The predicted molar refractivity (Wildman–Crippen MR) is 106 cm³/mol. The number of thioether (sulfide) groups is 1. The molecular formula is C19H28ClN3S. The number of nitrogens with one attached hydrogen (secondary N) is 1. The first kappa shape index (κ1) is 19.4. The van der Waals surface area contributed by atoms with Gasteiger partial charge < -0.3 is 5.32 Å². The van der Waals surface area contributed by atoms with Crippen molar-refractivity contribution in [2.75, 3.05) is 13.3 Å². The van der Waals surface area contributed by atoms with Crippen molar-refractivity contribution < 1.29 is 0 Å². The summed E-state index contributed by atoms with van der Waals surface area (Å²) in [5.41, 5.74) is 3.66. The van der Waals surface area contributed by atoms with Gasteiger partial charge in [-0.05, 0) is 55.8 Å². The van der Waals surface area contributed by atoms with Gasteiger partial charge in [0.1, 0.15) is 0 Å². The van der Waals surface area contributed by atoms with Crippen LogP contribution >= 0.6 is 24.2 Å². The monoisotopic (exact) mass is 365 g/mol. The van der Waals surface area contributed by atoms with Crippen LogP contribution in [0.1, 0.15) is 37.8 Å². The molecule has 2 aromatic rings. The SMILES string of the molecule is CNCc1cc(-c2ccc(SC)cc2)n(CC2CCCCC2)n1.Cl. The van der Waals surface area contributed by atoms with Crippen molar-refractivity contribution in [2.24, 2.45) is 5.92 Å². The van der Waals surface area contributed by atoms with Gasteiger partial charge in [0.2, 0.25) is 0 Å². The van der Waals surface area contributed by atoms with Crippen LogP contribution in [-0.2, 0) is 13.1 Å². The minimum atomic E-state index is 0. The van der Waals surface area contributed by atoms with Crippen LogP contribution in [-0.4, -0.2) is 23.1 Å². The summed E-state index contributed by atoms with van der Waals surface area (Å²) in [4.78, 5) is 1.31. The van der Waals surface area contributed by atoms with E-state index in [0.29, 0.717) is 0 Å². The Morgan fingerprint density at radius 2 is 1.88 bits per heavy atom. The van der Waals surface area contributed by atoms with Gasteiger partial charge in [0.05, 0.1) is 11.4 Å². The van der Waals surface area contributed by atoms with Gasteiger partial charge >= 0.3 is 0 Å². The summed E-state index contributed by atoms with van der Waals surface area (Å²) in [6.07, 6.45) is 9.00. The Labute approximate surface area is 156 Å². The molecule has 1 saturated carbocycles. The summed E-state index contributed by atoms with van der Waals surface area (Å²) in [5.74, 6) is 0.787. The zero-order valence-electron chi connectivity index (χ0n) is 14.6. The van der Waals surface area contributed by atoms with Crippen molar-refractivity contribution in [1.29, 1.82) is 0 Å². The molecule has 1 fully saturated rings. The lowest BCUT2D eigenvalue weighted by atomic mass is 9.89. The fourth-order valence-electron chi connectivity index (χ4n) is 3.49. The van der Waals surface area contributed by atoms with Crippen molar-refractivity contribution in [3.05, 3.63) is 36.0 Å².